The lowest BCUT2D eigenvalue weighted by molar-refractivity contribution is 0.168. The predicted molar refractivity (Wildman–Crippen MR) is 131 cm³/mol. The van der Waals surface area contributed by atoms with Crippen LogP contribution >= 0.6 is 0 Å². The van der Waals surface area contributed by atoms with E-state index in [1.54, 1.807) is 55.5 Å². The molecule has 0 bridgehead atoms. The molecule has 2 heterocycles. The molecule has 0 aliphatic carbocycles. The van der Waals surface area contributed by atoms with Crippen LogP contribution in [0.15, 0.2) is 65.6 Å². The zero-order chi connectivity index (χ0) is 24.2. The summed E-state index contributed by atoms with van der Waals surface area (Å²) in [5.41, 5.74) is 3.07. The van der Waals surface area contributed by atoms with Crippen molar-refractivity contribution in [2.75, 3.05) is 11.9 Å². The van der Waals surface area contributed by atoms with Crippen LogP contribution in [0.4, 0.5) is 14.9 Å². The Kier molecular flexibility index (Phi) is 6.70. The van der Waals surface area contributed by atoms with Crippen molar-refractivity contribution in [3.63, 3.8) is 0 Å². The maximum atomic E-state index is 14.6. The minimum absolute atomic E-state index is 0.0926. The molecule has 0 spiro atoms. The van der Waals surface area contributed by atoms with Gasteiger partial charge in [-0.15, -0.1) is 0 Å². The van der Waals surface area contributed by atoms with Crippen LogP contribution in [-0.4, -0.2) is 33.8 Å². The van der Waals surface area contributed by atoms with E-state index in [1.807, 2.05) is 6.92 Å². The minimum Gasteiger partial charge on any atom is -0.391 e. The van der Waals surface area contributed by atoms with Crippen molar-refractivity contribution >= 4 is 22.6 Å². The van der Waals surface area contributed by atoms with E-state index in [2.05, 4.69) is 20.6 Å². The number of nitrogens with zero attached hydrogens (tertiary/aromatic N) is 1. The van der Waals surface area contributed by atoms with E-state index in [4.69, 9.17) is 0 Å². The van der Waals surface area contributed by atoms with Crippen LogP contribution in [0.25, 0.3) is 33.2 Å². The number of rotatable bonds is 6. The number of carbonyl (C=O) groups excluding carboxylic acids is 1. The Morgan fingerprint density at radius 3 is 2.62 bits per heavy atom. The molecule has 7 nitrogen and oxygen atoms in total. The third kappa shape index (κ3) is 4.67. The third-order valence-electron chi connectivity index (χ3n) is 5.66. The Labute approximate surface area is 195 Å². The molecule has 8 heteroatoms. The van der Waals surface area contributed by atoms with Crippen LogP contribution in [-0.2, 0) is 0 Å². The summed E-state index contributed by atoms with van der Waals surface area (Å²) >= 11 is 0. The first-order chi connectivity index (χ1) is 16.4. The lowest BCUT2D eigenvalue weighted by Gasteiger charge is -2.17. The maximum absolute atomic E-state index is 14.6. The van der Waals surface area contributed by atoms with Crippen molar-refractivity contribution < 1.29 is 14.3 Å². The number of carbonyl (C=O) groups is 1. The number of hydrogen-bond donors (Lipinski definition) is 4. The standard InChI is InChI=1S/C26H25FN4O3/c1-3-16(32)14-29-26(34)31-23-11-10-22-20(24(23)18-8-6-12-28-25(18)33)13-19(15(2)30-22)17-7-4-5-9-21(17)27/h4-13,16,32H,3,14H2,1-2H3,(H,28,33)(H2,29,31,34). The van der Waals surface area contributed by atoms with Gasteiger partial charge in [-0.2, -0.15) is 0 Å². The molecule has 2 amide bonds. The number of aromatic nitrogens is 2. The molecule has 0 radical (unpaired) electrons. The lowest BCUT2D eigenvalue weighted by atomic mass is 9.95. The highest BCUT2D eigenvalue weighted by atomic mass is 19.1. The summed E-state index contributed by atoms with van der Waals surface area (Å²) in [6.45, 7) is 3.71. The van der Waals surface area contributed by atoms with Gasteiger partial charge in [0, 0.05) is 46.1 Å². The number of H-pyrrole nitrogens is 1. The number of nitrogens with one attached hydrogen (secondary N) is 3. The SMILES string of the molecule is CCC(O)CNC(=O)Nc1ccc2nc(C)c(-c3ccccc3F)cc2c1-c1ccc[nH]c1=O. The molecule has 0 aliphatic heterocycles. The summed E-state index contributed by atoms with van der Waals surface area (Å²) in [5, 5.41) is 15.7. The molecule has 1 unspecified atom stereocenters. The van der Waals surface area contributed by atoms with Crippen LogP contribution in [0.2, 0.25) is 0 Å². The van der Waals surface area contributed by atoms with E-state index in [1.165, 1.54) is 12.3 Å². The van der Waals surface area contributed by atoms with Crippen molar-refractivity contribution in [1.29, 1.82) is 0 Å². The number of fused-ring (bicyclic) bond motifs is 1. The van der Waals surface area contributed by atoms with Gasteiger partial charge in [-0.3, -0.25) is 9.78 Å². The summed E-state index contributed by atoms with van der Waals surface area (Å²) in [4.78, 5) is 32.6. The molecule has 4 rings (SSSR count). The number of amides is 2. The van der Waals surface area contributed by atoms with Gasteiger partial charge in [0.1, 0.15) is 5.82 Å². The second kappa shape index (κ2) is 9.84. The first kappa shape index (κ1) is 23.1. The Hall–Kier alpha value is -4.04. The molecule has 4 N–H and O–H groups in total. The maximum Gasteiger partial charge on any atom is 0.319 e. The summed E-state index contributed by atoms with van der Waals surface area (Å²) in [6.07, 6.45) is 1.37. The van der Waals surface area contributed by atoms with Gasteiger partial charge in [0.15, 0.2) is 0 Å². The molecule has 2 aromatic carbocycles. The van der Waals surface area contributed by atoms with Gasteiger partial charge in [0.25, 0.3) is 5.56 Å². The molecule has 34 heavy (non-hydrogen) atoms. The highest BCUT2D eigenvalue weighted by Crippen LogP contribution is 2.37. The fourth-order valence-electron chi connectivity index (χ4n) is 3.83. The summed E-state index contributed by atoms with van der Waals surface area (Å²) in [5.74, 6) is -0.381. The number of benzene rings is 2. The second-order valence-electron chi connectivity index (χ2n) is 7.97. The number of urea groups is 1. The molecule has 0 saturated carbocycles. The zero-order valence-electron chi connectivity index (χ0n) is 18.9. The number of aromatic amines is 1. The van der Waals surface area contributed by atoms with Crippen molar-refractivity contribution in [2.45, 2.75) is 26.4 Å². The molecule has 0 saturated heterocycles. The van der Waals surface area contributed by atoms with E-state index in [9.17, 15) is 19.1 Å². The molecule has 2 aromatic heterocycles. The van der Waals surface area contributed by atoms with E-state index in [0.29, 0.717) is 51.0 Å². The smallest absolute Gasteiger partial charge is 0.319 e. The normalized spacial score (nSPS) is 11.9. The Morgan fingerprint density at radius 2 is 1.88 bits per heavy atom. The summed E-state index contributed by atoms with van der Waals surface area (Å²) in [6, 6.07) is 14.5. The average Bonchev–Trinajstić information content (AvgIpc) is 2.83. The Morgan fingerprint density at radius 1 is 1.12 bits per heavy atom. The van der Waals surface area contributed by atoms with E-state index >= 15 is 0 Å². The monoisotopic (exact) mass is 460 g/mol. The van der Waals surface area contributed by atoms with E-state index < -0.39 is 12.1 Å². The van der Waals surface area contributed by atoms with Gasteiger partial charge in [-0.1, -0.05) is 25.1 Å². The van der Waals surface area contributed by atoms with Gasteiger partial charge in [0.2, 0.25) is 0 Å². The highest BCUT2D eigenvalue weighted by molar-refractivity contribution is 6.06. The van der Waals surface area contributed by atoms with Gasteiger partial charge in [-0.05, 0) is 49.7 Å². The first-order valence-electron chi connectivity index (χ1n) is 11.0. The topological polar surface area (TPSA) is 107 Å². The van der Waals surface area contributed by atoms with Crippen molar-refractivity contribution in [3.8, 4) is 22.3 Å². The number of anilines is 1. The van der Waals surface area contributed by atoms with Crippen LogP contribution in [0.1, 0.15) is 19.0 Å². The molecule has 1 atom stereocenters. The fraction of sp³-hybridized carbons (Fsp3) is 0.192. The molecule has 0 fully saturated rings. The predicted octanol–water partition coefficient (Wildman–Crippen LogP) is 4.60. The Balaban J connectivity index is 1.90. The number of aliphatic hydroxyl groups excluding tert-OH is 1. The van der Waals surface area contributed by atoms with Gasteiger partial charge >= 0.3 is 6.03 Å². The number of aryl methyl sites for hydroxylation is 1. The Bertz CT molecular complexity index is 1420. The fourth-order valence-corrected chi connectivity index (χ4v) is 3.83. The number of hydrogen-bond acceptors (Lipinski definition) is 4. The van der Waals surface area contributed by atoms with Crippen molar-refractivity contribution in [1.82, 2.24) is 15.3 Å². The molecular formula is C26H25FN4O3. The average molecular weight is 461 g/mol. The quantitative estimate of drug-likeness (QED) is 0.337. The van der Waals surface area contributed by atoms with Crippen molar-refractivity contribution in [2.24, 2.45) is 0 Å². The largest absolute Gasteiger partial charge is 0.391 e. The summed E-state index contributed by atoms with van der Waals surface area (Å²) < 4.78 is 14.6. The third-order valence-corrected chi connectivity index (χ3v) is 5.66. The number of pyridine rings is 2. The number of halogens is 1. The highest BCUT2D eigenvalue weighted by Gasteiger charge is 2.18. The van der Waals surface area contributed by atoms with Gasteiger partial charge < -0.3 is 20.7 Å². The van der Waals surface area contributed by atoms with Crippen LogP contribution in [0.3, 0.4) is 0 Å². The first-order valence-corrected chi connectivity index (χ1v) is 11.0. The van der Waals surface area contributed by atoms with E-state index in [0.717, 1.165) is 0 Å². The molecular weight excluding hydrogens is 435 g/mol. The van der Waals surface area contributed by atoms with Crippen LogP contribution in [0, 0.1) is 12.7 Å². The van der Waals surface area contributed by atoms with Crippen LogP contribution < -0.4 is 16.2 Å². The molecule has 0 aliphatic rings. The number of aliphatic hydroxyl groups is 1. The lowest BCUT2D eigenvalue weighted by Crippen LogP contribution is -2.35. The summed E-state index contributed by atoms with van der Waals surface area (Å²) in [7, 11) is 0. The zero-order valence-corrected chi connectivity index (χ0v) is 18.9. The van der Waals surface area contributed by atoms with E-state index in [-0.39, 0.29) is 17.9 Å². The van der Waals surface area contributed by atoms with Gasteiger partial charge in [0.05, 0.1) is 17.3 Å². The van der Waals surface area contributed by atoms with Crippen molar-refractivity contribution in [3.05, 3.63) is 82.7 Å². The molecule has 4 aromatic rings. The van der Waals surface area contributed by atoms with Crippen LogP contribution in [0.5, 0.6) is 0 Å². The second-order valence-corrected chi connectivity index (χ2v) is 7.97. The van der Waals surface area contributed by atoms with Gasteiger partial charge in [-0.25, -0.2) is 9.18 Å². The minimum atomic E-state index is -0.658. The molecule has 174 valence electrons.